The maximum atomic E-state index is 12.8. The Morgan fingerprint density at radius 1 is 1.00 bits per heavy atom. The third kappa shape index (κ3) is 2.87. The Bertz CT molecular complexity index is 1070. The van der Waals surface area contributed by atoms with Gasteiger partial charge in [0.05, 0.1) is 18.1 Å². The monoisotopic (exact) mass is 360 g/mol. The van der Waals surface area contributed by atoms with Gasteiger partial charge in [-0.25, -0.2) is 4.98 Å². The highest BCUT2D eigenvalue weighted by Crippen LogP contribution is 2.30. The van der Waals surface area contributed by atoms with Crippen molar-refractivity contribution in [2.45, 2.75) is 6.18 Å². The van der Waals surface area contributed by atoms with Crippen LogP contribution in [0.2, 0.25) is 0 Å². The Morgan fingerprint density at radius 2 is 1.73 bits per heavy atom. The molecule has 0 radical (unpaired) electrons. The molecule has 9 heteroatoms. The van der Waals surface area contributed by atoms with E-state index >= 15 is 0 Å². The van der Waals surface area contributed by atoms with Gasteiger partial charge in [0, 0.05) is 11.1 Å². The molecular formula is C17H11F3N4O2. The molecule has 26 heavy (non-hydrogen) atoms. The van der Waals surface area contributed by atoms with Crippen molar-refractivity contribution >= 4 is 11.0 Å². The van der Waals surface area contributed by atoms with Crippen molar-refractivity contribution in [3.63, 3.8) is 0 Å². The van der Waals surface area contributed by atoms with Crippen LogP contribution >= 0.6 is 0 Å². The first kappa shape index (κ1) is 16.1. The summed E-state index contributed by atoms with van der Waals surface area (Å²) in [5, 5.41) is 3.91. The van der Waals surface area contributed by atoms with Crippen molar-refractivity contribution in [1.82, 2.24) is 20.1 Å². The summed E-state index contributed by atoms with van der Waals surface area (Å²) in [6, 6.07) is 11.6. The van der Waals surface area contributed by atoms with Gasteiger partial charge in [-0.15, -0.1) is 0 Å². The fourth-order valence-electron chi connectivity index (χ4n) is 2.47. The summed E-state index contributed by atoms with van der Waals surface area (Å²) in [5.74, 6) is 0.200. The molecule has 6 nitrogen and oxygen atoms in total. The first-order valence-corrected chi connectivity index (χ1v) is 7.49. The van der Waals surface area contributed by atoms with Gasteiger partial charge in [0.1, 0.15) is 5.75 Å². The molecule has 0 fully saturated rings. The smallest absolute Gasteiger partial charge is 0.449 e. The summed E-state index contributed by atoms with van der Waals surface area (Å²) < 4.78 is 48.6. The van der Waals surface area contributed by atoms with Crippen molar-refractivity contribution in [3.05, 3.63) is 48.3 Å². The second-order valence-electron chi connectivity index (χ2n) is 5.47. The number of rotatable bonds is 3. The number of aromatic amines is 1. The van der Waals surface area contributed by atoms with Crippen LogP contribution in [0.3, 0.4) is 0 Å². The fourth-order valence-corrected chi connectivity index (χ4v) is 2.47. The molecule has 0 bridgehead atoms. The number of ether oxygens (including phenoxy) is 1. The van der Waals surface area contributed by atoms with Gasteiger partial charge in [-0.2, -0.15) is 18.2 Å². The van der Waals surface area contributed by atoms with Gasteiger partial charge in [0.25, 0.3) is 5.89 Å². The third-order valence-electron chi connectivity index (χ3n) is 3.77. The second kappa shape index (κ2) is 5.87. The zero-order chi connectivity index (χ0) is 18.3. The lowest BCUT2D eigenvalue weighted by Gasteiger charge is -1.99. The van der Waals surface area contributed by atoms with E-state index in [1.165, 1.54) is 12.1 Å². The largest absolute Gasteiger partial charge is 0.497 e. The number of methoxy groups -OCH3 is 1. The number of H-pyrrole nitrogens is 1. The van der Waals surface area contributed by atoms with Crippen LogP contribution in [-0.4, -0.2) is 27.2 Å². The summed E-state index contributed by atoms with van der Waals surface area (Å²) in [4.78, 5) is 10.1. The van der Waals surface area contributed by atoms with Gasteiger partial charge >= 0.3 is 6.18 Å². The molecule has 0 aliphatic heterocycles. The number of halogens is 3. The summed E-state index contributed by atoms with van der Waals surface area (Å²) in [6.45, 7) is 0. The van der Waals surface area contributed by atoms with Crippen LogP contribution in [0.25, 0.3) is 33.9 Å². The minimum Gasteiger partial charge on any atom is -0.497 e. The molecule has 4 rings (SSSR count). The van der Waals surface area contributed by atoms with Crippen LogP contribution in [0.5, 0.6) is 5.75 Å². The standard InChI is InChI=1S/C17H11F3N4O2/c1-25-11-5-2-9(3-6-11)14-23-15(26-24-14)10-4-7-12-13(8-10)22-16(21-12)17(18,19)20/h2-8H,1H3,(H,21,22). The second-order valence-corrected chi connectivity index (χ2v) is 5.47. The van der Waals surface area contributed by atoms with E-state index in [1.54, 1.807) is 37.4 Å². The van der Waals surface area contributed by atoms with E-state index in [0.717, 1.165) is 5.56 Å². The lowest BCUT2D eigenvalue weighted by molar-refractivity contribution is -0.144. The highest BCUT2D eigenvalue weighted by molar-refractivity contribution is 5.80. The van der Waals surface area contributed by atoms with Gasteiger partial charge in [-0.1, -0.05) is 5.16 Å². The summed E-state index contributed by atoms with van der Waals surface area (Å²) in [5.41, 5.74) is 1.64. The predicted octanol–water partition coefficient (Wildman–Crippen LogP) is 4.31. The minimum absolute atomic E-state index is 0.166. The maximum Gasteiger partial charge on any atom is 0.449 e. The fraction of sp³-hybridized carbons (Fsp3) is 0.118. The zero-order valence-corrected chi connectivity index (χ0v) is 13.3. The normalized spacial score (nSPS) is 11.8. The molecule has 0 atom stereocenters. The summed E-state index contributed by atoms with van der Waals surface area (Å²) in [7, 11) is 1.57. The maximum absolute atomic E-state index is 12.8. The number of nitrogens with one attached hydrogen (secondary N) is 1. The van der Waals surface area contributed by atoms with Crippen LogP contribution in [-0.2, 0) is 6.18 Å². The molecule has 4 aromatic rings. The Hall–Kier alpha value is -3.36. The molecule has 0 aliphatic rings. The SMILES string of the molecule is COc1ccc(-c2noc(-c3ccc4[nH]c(C(F)(F)F)nc4c3)n2)cc1. The van der Waals surface area contributed by atoms with Crippen molar-refractivity contribution in [3.8, 4) is 28.6 Å². The number of nitrogens with zero attached hydrogens (tertiary/aromatic N) is 3. The highest BCUT2D eigenvalue weighted by atomic mass is 19.4. The van der Waals surface area contributed by atoms with E-state index in [4.69, 9.17) is 9.26 Å². The molecule has 132 valence electrons. The number of hydrogen-bond acceptors (Lipinski definition) is 5. The molecule has 0 saturated heterocycles. The summed E-state index contributed by atoms with van der Waals surface area (Å²) >= 11 is 0. The number of imidazole rings is 1. The number of alkyl halides is 3. The van der Waals surface area contributed by atoms with Crippen LogP contribution in [0, 0.1) is 0 Å². The molecule has 0 spiro atoms. The van der Waals surface area contributed by atoms with Gasteiger partial charge in [-0.05, 0) is 42.5 Å². The predicted molar refractivity (Wildman–Crippen MR) is 86.4 cm³/mol. The van der Waals surface area contributed by atoms with E-state index in [1.807, 2.05) is 0 Å². The number of benzene rings is 2. The quantitative estimate of drug-likeness (QED) is 0.589. The highest BCUT2D eigenvalue weighted by Gasteiger charge is 2.34. The van der Waals surface area contributed by atoms with Crippen molar-refractivity contribution in [2.24, 2.45) is 0 Å². The molecule has 2 aromatic heterocycles. The van der Waals surface area contributed by atoms with Crippen molar-refractivity contribution < 1.29 is 22.4 Å². The zero-order valence-electron chi connectivity index (χ0n) is 13.3. The van der Waals surface area contributed by atoms with E-state index < -0.39 is 12.0 Å². The van der Waals surface area contributed by atoms with Gasteiger partial charge in [0.15, 0.2) is 0 Å². The Labute approximate surface area is 144 Å². The topological polar surface area (TPSA) is 76.8 Å². The minimum atomic E-state index is -4.54. The summed E-state index contributed by atoms with van der Waals surface area (Å²) in [6.07, 6.45) is -4.54. The average Bonchev–Trinajstić information content (AvgIpc) is 3.28. The Balaban J connectivity index is 1.68. The molecule has 0 aliphatic carbocycles. The van der Waals surface area contributed by atoms with Gasteiger partial charge in [-0.3, -0.25) is 0 Å². The number of hydrogen-bond donors (Lipinski definition) is 1. The van der Waals surface area contributed by atoms with E-state index in [2.05, 4.69) is 20.1 Å². The van der Waals surface area contributed by atoms with E-state index in [-0.39, 0.29) is 16.9 Å². The van der Waals surface area contributed by atoms with E-state index in [9.17, 15) is 13.2 Å². The Morgan fingerprint density at radius 3 is 2.42 bits per heavy atom. The molecule has 1 N–H and O–H groups in total. The molecule has 0 saturated carbocycles. The first-order valence-electron chi connectivity index (χ1n) is 7.49. The Kier molecular flexibility index (Phi) is 3.64. The molecule has 2 heterocycles. The third-order valence-corrected chi connectivity index (χ3v) is 3.77. The van der Waals surface area contributed by atoms with Crippen molar-refractivity contribution in [2.75, 3.05) is 7.11 Å². The van der Waals surface area contributed by atoms with Crippen molar-refractivity contribution in [1.29, 1.82) is 0 Å². The number of fused-ring (bicyclic) bond motifs is 1. The lowest BCUT2D eigenvalue weighted by Crippen LogP contribution is -2.06. The van der Waals surface area contributed by atoms with Crippen LogP contribution in [0.15, 0.2) is 47.0 Å². The van der Waals surface area contributed by atoms with E-state index in [0.29, 0.717) is 17.1 Å². The molecule has 2 aromatic carbocycles. The van der Waals surface area contributed by atoms with Gasteiger partial charge in [0.2, 0.25) is 11.6 Å². The average molecular weight is 360 g/mol. The molecular weight excluding hydrogens is 349 g/mol. The molecule has 0 unspecified atom stereocenters. The van der Waals surface area contributed by atoms with Gasteiger partial charge < -0.3 is 14.2 Å². The van der Waals surface area contributed by atoms with Crippen LogP contribution in [0.1, 0.15) is 5.82 Å². The molecule has 0 amide bonds. The number of aromatic nitrogens is 4. The lowest BCUT2D eigenvalue weighted by atomic mass is 10.2. The van der Waals surface area contributed by atoms with Crippen LogP contribution in [0.4, 0.5) is 13.2 Å². The van der Waals surface area contributed by atoms with Crippen LogP contribution < -0.4 is 4.74 Å². The first-order chi connectivity index (χ1) is 12.4.